The Balaban J connectivity index is 2.45. The number of carbonyl (C=O) groups excluding carboxylic acids is 1. The van der Waals surface area contributed by atoms with Crippen LogP contribution in [-0.2, 0) is 4.79 Å². The van der Waals surface area contributed by atoms with Gasteiger partial charge in [0, 0.05) is 19.5 Å². The van der Waals surface area contributed by atoms with Gasteiger partial charge in [-0.25, -0.2) is 0 Å². The van der Waals surface area contributed by atoms with Gasteiger partial charge in [0.1, 0.15) is 0 Å². The lowest BCUT2D eigenvalue weighted by Gasteiger charge is -2.29. The third-order valence-corrected chi connectivity index (χ3v) is 2.10. The standard InChI is InChI=1S/C10H16N2O/c1-3-4-5-9(2)12-7-6-11-10(13)8-12/h9H,3,6-8H2,1-2H3,(H,11,13). The summed E-state index contributed by atoms with van der Waals surface area (Å²) in [6.45, 7) is 6.21. The number of rotatable bonds is 1. The molecule has 0 radical (unpaired) electrons. The van der Waals surface area contributed by atoms with Crippen LogP contribution in [0, 0.1) is 11.8 Å². The fourth-order valence-electron chi connectivity index (χ4n) is 1.33. The van der Waals surface area contributed by atoms with Crippen LogP contribution in [0.4, 0.5) is 0 Å². The number of amides is 1. The van der Waals surface area contributed by atoms with E-state index in [4.69, 9.17) is 0 Å². The Morgan fingerprint density at radius 2 is 2.46 bits per heavy atom. The van der Waals surface area contributed by atoms with Crippen LogP contribution in [-0.4, -0.2) is 36.5 Å². The Kier molecular flexibility index (Phi) is 3.78. The lowest BCUT2D eigenvalue weighted by Crippen LogP contribution is -2.50. The van der Waals surface area contributed by atoms with Crippen LogP contribution >= 0.6 is 0 Å². The molecule has 13 heavy (non-hydrogen) atoms. The zero-order chi connectivity index (χ0) is 9.68. The topological polar surface area (TPSA) is 32.3 Å². The molecule has 1 aliphatic rings. The van der Waals surface area contributed by atoms with E-state index in [9.17, 15) is 4.79 Å². The molecule has 1 aliphatic heterocycles. The van der Waals surface area contributed by atoms with Crippen LogP contribution in [0.1, 0.15) is 20.3 Å². The number of nitrogens with one attached hydrogen (secondary N) is 1. The average Bonchev–Trinajstić information content (AvgIpc) is 2.14. The third-order valence-electron chi connectivity index (χ3n) is 2.10. The molecular weight excluding hydrogens is 164 g/mol. The van der Waals surface area contributed by atoms with E-state index >= 15 is 0 Å². The van der Waals surface area contributed by atoms with Crippen molar-refractivity contribution in [2.24, 2.45) is 0 Å². The van der Waals surface area contributed by atoms with Crippen LogP contribution in [0.5, 0.6) is 0 Å². The summed E-state index contributed by atoms with van der Waals surface area (Å²) in [5, 5.41) is 2.79. The molecule has 1 N–H and O–H groups in total. The molecule has 1 rings (SSSR count). The lowest BCUT2D eigenvalue weighted by atomic mass is 10.2. The number of piperazine rings is 1. The van der Waals surface area contributed by atoms with E-state index in [1.54, 1.807) is 0 Å². The van der Waals surface area contributed by atoms with E-state index in [1.165, 1.54) is 0 Å². The molecule has 1 saturated heterocycles. The SMILES string of the molecule is CCC#CC(C)N1CCNC(=O)C1. The molecule has 0 aliphatic carbocycles. The maximum absolute atomic E-state index is 11.1. The molecular formula is C10H16N2O. The van der Waals surface area contributed by atoms with Gasteiger partial charge in [-0.2, -0.15) is 0 Å². The van der Waals surface area contributed by atoms with Gasteiger partial charge in [0.25, 0.3) is 0 Å². The molecule has 0 bridgehead atoms. The molecule has 1 heterocycles. The van der Waals surface area contributed by atoms with Gasteiger partial charge in [-0.3, -0.25) is 9.69 Å². The number of nitrogens with zero attached hydrogens (tertiary/aromatic N) is 1. The van der Waals surface area contributed by atoms with Crippen molar-refractivity contribution >= 4 is 5.91 Å². The van der Waals surface area contributed by atoms with Crippen molar-refractivity contribution in [3.8, 4) is 11.8 Å². The van der Waals surface area contributed by atoms with E-state index in [0.29, 0.717) is 6.54 Å². The summed E-state index contributed by atoms with van der Waals surface area (Å²) in [5.41, 5.74) is 0. The largest absolute Gasteiger partial charge is 0.354 e. The summed E-state index contributed by atoms with van der Waals surface area (Å²) >= 11 is 0. The Morgan fingerprint density at radius 3 is 3.08 bits per heavy atom. The molecule has 1 unspecified atom stereocenters. The lowest BCUT2D eigenvalue weighted by molar-refractivity contribution is -0.124. The Hall–Kier alpha value is -1.01. The van der Waals surface area contributed by atoms with Crippen molar-refractivity contribution in [1.82, 2.24) is 10.2 Å². The van der Waals surface area contributed by atoms with Crippen LogP contribution < -0.4 is 5.32 Å². The highest BCUT2D eigenvalue weighted by atomic mass is 16.2. The first-order valence-electron chi connectivity index (χ1n) is 4.73. The Bertz CT molecular complexity index is 239. The molecule has 0 aromatic heterocycles. The molecule has 72 valence electrons. The summed E-state index contributed by atoms with van der Waals surface area (Å²) in [6, 6.07) is 0.200. The first-order chi connectivity index (χ1) is 6.24. The predicted octanol–water partition coefficient (Wildman–Crippen LogP) is 0.220. The van der Waals surface area contributed by atoms with Crippen LogP contribution in [0.25, 0.3) is 0 Å². The van der Waals surface area contributed by atoms with Crippen molar-refractivity contribution in [2.45, 2.75) is 26.3 Å². The third kappa shape index (κ3) is 3.08. The average molecular weight is 180 g/mol. The zero-order valence-electron chi connectivity index (χ0n) is 8.26. The molecule has 0 aromatic carbocycles. The second kappa shape index (κ2) is 4.88. The van der Waals surface area contributed by atoms with E-state index < -0.39 is 0 Å². The van der Waals surface area contributed by atoms with Gasteiger partial charge in [0.2, 0.25) is 5.91 Å². The molecule has 0 spiro atoms. The van der Waals surface area contributed by atoms with E-state index in [0.717, 1.165) is 19.5 Å². The fraction of sp³-hybridized carbons (Fsp3) is 0.700. The first kappa shape index (κ1) is 10.1. The van der Waals surface area contributed by atoms with Gasteiger partial charge in [-0.05, 0) is 6.92 Å². The zero-order valence-corrected chi connectivity index (χ0v) is 8.26. The van der Waals surface area contributed by atoms with Crippen LogP contribution in [0.2, 0.25) is 0 Å². The summed E-state index contributed by atoms with van der Waals surface area (Å²) < 4.78 is 0. The van der Waals surface area contributed by atoms with Crippen molar-refractivity contribution in [3.05, 3.63) is 0 Å². The van der Waals surface area contributed by atoms with Crippen LogP contribution in [0.15, 0.2) is 0 Å². The van der Waals surface area contributed by atoms with E-state index in [1.807, 2.05) is 13.8 Å². The summed E-state index contributed by atoms with van der Waals surface area (Å²) in [5.74, 6) is 6.26. The highest BCUT2D eigenvalue weighted by molar-refractivity contribution is 5.78. The highest BCUT2D eigenvalue weighted by Crippen LogP contribution is 2.00. The highest BCUT2D eigenvalue weighted by Gasteiger charge is 2.19. The molecule has 3 heteroatoms. The maximum Gasteiger partial charge on any atom is 0.234 e. The molecule has 1 fully saturated rings. The maximum atomic E-state index is 11.1. The smallest absolute Gasteiger partial charge is 0.234 e. The second-order valence-electron chi connectivity index (χ2n) is 3.17. The number of carbonyl (C=O) groups is 1. The quantitative estimate of drug-likeness (QED) is 0.585. The van der Waals surface area contributed by atoms with E-state index in [-0.39, 0.29) is 11.9 Å². The minimum atomic E-state index is 0.108. The fourth-order valence-corrected chi connectivity index (χ4v) is 1.33. The van der Waals surface area contributed by atoms with Crippen molar-refractivity contribution < 1.29 is 4.79 Å². The van der Waals surface area contributed by atoms with Crippen molar-refractivity contribution in [3.63, 3.8) is 0 Å². The molecule has 0 saturated carbocycles. The summed E-state index contributed by atoms with van der Waals surface area (Å²) in [7, 11) is 0. The molecule has 3 nitrogen and oxygen atoms in total. The van der Waals surface area contributed by atoms with Gasteiger partial charge < -0.3 is 5.32 Å². The molecule has 1 atom stereocenters. The molecule has 1 amide bonds. The minimum Gasteiger partial charge on any atom is -0.354 e. The molecule has 0 aromatic rings. The minimum absolute atomic E-state index is 0.108. The van der Waals surface area contributed by atoms with Crippen LogP contribution in [0.3, 0.4) is 0 Å². The van der Waals surface area contributed by atoms with Gasteiger partial charge in [-0.15, -0.1) is 5.92 Å². The normalized spacial score (nSPS) is 20.0. The summed E-state index contributed by atoms with van der Waals surface area (Å²) in [6.07, 6.45) is 0.879. The van der Waals surface area contributed by atoms with Gasteiger partial charge in [0.05, 0.1) is 12.6 Å². The summed E-state index contributed by atoms with van der Waals surface area (Å²) in [4.78, 5) is 13.1. The second-order valence-corrected chi connectivity index (χ2v) is 3.17. The van der Waals surface area contributed by atoms with E-state index in [2.05, 4.69) is 22.1 Å². The van der Waals surface area contributed by atoms with Gasteiger partial charge in [-0.1, -0.05) is 12.8 Å². The number of hydrogen-bond acceptors (Lipinski definition) is 2. The Morgan fingerprint density at radius 1 is 1.69 bits per heavy atom. The number of hydrogen-bond donors (Lipinski definition) is 1. The van der Waals surface area contributed by atoms with Crippen molar-refractivity contribution in [2.75, 3.05) is 19.6 Å². The first-order valence-corrected chi connectivity index (χ1v) is 4.73. The van der Waals surface area contributed by atoms with Gasteiger partial charge in [0.15, 0.2) is 0 Å². The predicted molar refractivity (Wildman–Crippen MR) is 52.1 cm³/mol. The van der Waals surface area contributed by atoms with Crippen molar-refractivity contribution in [1.29, 1.82) is 0 Å². The Labute approximate surface area is 79.5 Å². The van der Waals surface area contributed by atoms with Gasteiger partial charge >= 0.3 is 0 Å². The monoisotopic (exact) mass is 180 g/mol.